The molecule has 0 aromatic heterocycles. The molecule has 1 aromatic carbocycles. The molecule has 3 unspecified atom stereocenters. The fraction of sp³-hybridized carbons (Fsp3) is 0.500. The van der Waals surface area contributed by atoms with Gasteiger partial charge in [0.1, 0.15) is 17.3 Å². The molecule has 28 heavy (non-hydrogen) atoms. The molecule has 2 aliphatic carbocycles. The van der Waals surface area contributed by atoms with Gasteiger partial charge in [-0.05, 0) is 68.6 Å². The van der Waals surface area contributed by atoms with Crippen LogP contribution >= 0.6 is 0 Å². The van der Waals surface area contributed by atoms with E-state index in [9.17, 15) is 29.7 Å². The van der Waals surface area contributed by atoms with Crippen molar-refractivity contribution in [3.63, 3.8) is 0 Å². The third-order valence-corrected chi connectivity index (χ3v) is 6.14. The van der Waals surface area contributed by atoms with Crippen molar-refractivity contribution >= 4 is 23.1 Å². The molecule has 0 aliphatic heterocycles. The fourth-order valence-corrected chi connectivity index (χ4v) is 4.71. The normalized spacial score (nSPS) is 24.0. The van der Waals surface area contributed by atoms with Crippen molar-refractivity contribution in [3.05, 3.63) is 33.9 Å². The minimum Gasteiger partial charge on any atom is -0.507 e. The number of Topliss-reactive ketones (excluding diaryl/α,β-unsaturated/α-hetero) is 3. The van der Waals surface area contributed by atoms with Crippen LogP contribution in [0.1, 0.15) is 48.4 Å². The number of phenolic OH excluding ortho intramolecular Hbond substituents is 1. The molecule has 6 heteroatoms. The number of hydrogen-bond donors (Lipinski definition) is 3. The molecule has 0 radical (unpaired) electrons. The molecule has 0 bridgehead atoms. The summed E-state index contributed by atoms with van der Waals surface area (Å²) in [6.07, 6.45) is 0.893. The van der Waals surface area contributed by atoms with Crippen LogP contribution in [0.5, 0.6) is 5.75 Å². The average Bonchev–Trinajstić information content (AvgIpc) is 2.58. The molecule has 0 amide bonds. The van der Waals surface area contributed by atoms with Gasteiger partial charge in [0.2, 0.25) is 0 Å². The molecule has 0 heterocycles. The van der Waals surface area contributed by atoms with Crippen LogP contribution in [0.2, 0.25) is 0 Å². The minimum absolute atomic E-state index is 0.0460. The van der Waals surface area contributed by atoms with Crippen molar-refractivity contribution in [2.24, 2.45) is 17.8 Å². The number of aromatic hydroxyl groups is 1. The number of aryl methyl sites for hydroxylation is 1. The summed E-state index contributed by atoms with van der Waals surface area (Å²) in [5.41, 5.74) is 2.74. The third kappa shape index (κ3) is 3.26. The molecule has 3 N–H and O–H groups in total. The summed E-state index contributed by atoms with van der Waals surface area (Å²) >= 11 is 0. The van der Waals surface area contributed by atoms with Gasteiger partial charge >= 0.3 is 0 Å². The van der Waals surface area contributed by atoms with Crippen LogP contribution in [-0.4, -0.2) is 39.3 Å². The molecule has 1 saturated carbocycles. The van der Waals surface area contributed by atoms with Crippen LogP contribution in [0.4, 0.5) is 0 Å². The number of phenols is 1. The first-order chi connectivity index (χ1) is 13.2. The van der Waals surface area contributed by atoms with E-state index >= 15 is 0 Å². The monoisotopic (exact) mass is 386 g/mol. The Morgan fingerprint density at radius 3 is 2.50 bits per heavy atom. The molecule has 1 fully saturated rings. The van der Waals surface area contributed by atoms with Crippen molar-refractivity contribution in [1.29, 1.82) is 0 Å². The van der Waals surface area contributed by atoms with E-state index in [1.54, 1.807) is 6.92 Å². The number of benzene rings is 1. The Morgan fingerprint density at radius 1 is 1.21 bits per heavy atom. The van der Waals surface area contributed by atoms with E-state index in [-0.39, 0.29) is 59.7 Å². The summed E-state index contributed by atoms with van der Waals surface area (Å²) in [5.74, 6) is -3.27. The molecule has 2 aliphatic rings. The van der Waals surface area contributed by atoms with E-state index in [1.165, 1.54) is 6.92 Å². The van der Waals surface area contributed by atoms with Crippen molar-refractivity contribution in [3.8, 4) is 5.75 Å². The molecule has 0 spiro atoms. The van der Waals surface area contributed by atoms with Crippen molar-refractivity contribution in [2.45, 2.75) is 46.5 Å². The second-order valence-electron chi connectivity index (χ2n) is 8.06. The quantitative estimate of drug-likeness (QED) is 0.671. The number of carbonyl (C=O) groups excluding carboxylic acids is 3. The van der Waals surface area contributed by atoms with Gasteiger partial charge in [-0.25, -0.2) is 0 Å². The molecular formula is C22H26O6. The van der Waals surface area contributed by atoms with Crippen LogP contribution in [0, 0.1) is 31.6 Å². The Bertz CT molecular complexity index is 895. The molecule has 6 nitrogen and oxygen atoms in total. The third-order valence-electron chi connectivity index (χ3n) is 6.14. The van der Waals surface area contributed by atoms with Gasteiger partial charge in [-0.1, -0.05) is 6.07 Å². The maximum Gasteiger partial charge on any atom is 0.173 e. The van der Waals surface area contributed by atoms with Crippen LogP contribution in [0.25, 0.3) is 5.76 Å². The summed E-state index contributed by atoms with van der Waals surface area (Å²) in [7, 11) is 0. The van der Waals surface area contributed by atoms with E-state index < -0.39 is 17.5 Å². The maximum absolute atomic E-state index is 13.2. The highest BCUT2D eigenvalue weighted by Gasteiger charge is 2.47. The van der Waals surface area contributed by atoms with Gasteiger partial charge in [-0.15, -0.1) is 0 Å². The van der Waals surface area contributed by atoms with Crippen molar-refractivity contribution < 1.29 is 29.7 Å². The summed E-state index contributed by atoms with van der Waals surface area (Å²) < 4.78 is 0. The fourth-order valence-electron chi connectivity index (χ4n) is 4.71. The SMILES string of the molecule is CC(=O)CC(=O)C1C(=O)C2=C(O)c3c(cc(C)c(C)c3O)CC2CC1CCO. The Balaban J connectivity index is 2.11. The number of allylic oxidation sites excluding steroid dienone is 1. The topological polar surface area (TPSA) is 112 Å². The highest BCUT2D eigenvalue weighted by molar-refractivity contribution is 6.17. The second kappa shape index (κ2) is 7.51. The zero-order valence-corrected chi connectivity index (χ0v) is 16.4. The standard InChI is InChI=1S/C22H26O6/c1-10-6-14-9-15-8-13(4-5-23)17(16(25)7-11(2)24)21(27)19(15)22(28)18(14)20(26)12(10)3/h6,13,15,17,23,26,28H,4-5,7-9H2,1-3H3. The lowest BCUT2D eigenvalue weighted by atomic mass is 9.63. The summed E-state index contributed by atoms with van der Waals surface area (Å²) in [6, 6.07) is 1.91. The number of rotatable bonds is 5. The van der Waals surface area contributed by atoms with Gasteiger partial charge in [0.05, 0.1) is 17.9 Å². The number of aliphatic hydroxyl groups excluding tert-OH is 2. The Labute approximate surface area is 163 Å². The van der Waals surface area contributed by atoms with Gasteiger partial charge in [0, 0.05) is 12.2 Å². The van der Waals surface area contributed by atoms with Gasteiger partial charge in [-0.2, -0.15) is 0 Å². The molecule has 3 atom stereocenters. The first-order valence-electron chi connectivity index (χ1n) is 9.60. The van der Waals surface area contributed by atoms with Gasteiger partial charge in [-0.3, -0.25) is 14.4 Å². The van der Waals surface area contributed by atoms with E-state index in [2.05, 4.69) is 0 Å². The minimum atomic E-state index is -1.04. The van der Waals surface area contributed by atoms with Crippen LogP contribution in [0.3, 0.4) is 0 Å². The predicted molar refractivity (Wildman–Crippen MR) is 103 cm³/mol. The number of carbonyl (C=O) groups is 3. The lowest BCUT2D eigenvalue weighted by Crippen LogP contribution is -2.43. The van der Waals surface area contributed by atoms with Crippen molar-refractivity contribution in [2.75, 3.05) is 6.61 Å². The largest absolute Gasteiger partial charge is 0.507 e. The van der Waals surface area contributed by atoms with E-state index in [0.717, 1.165) is 11.1 Å². The van der Waals surface area contributed by atoms with Gasteiger partial charge in [0.15, 0.2) is 11.6 Å². The zero-order chi connectivity index (χ0) is 20.7. The maximum atomic E-state index is 13.2. The van der Waals surface area contributed by atoms with Gasteiger partial charge < -0.3 is 15.3 Å². The highest BCUT2D eigenvalue weighted by atomic mass is 16.3. The second-order valence-corrected chi connectivity index (χ2v) is 8.06. The zero-order valence-electron chi connectivity index (χ0n) is 16.4. The Kier molecular flexibility index (Phi) is 5.44. The molecule has 0 saturated heterocycles. The summed E-state index contributed by atoms with van der Waals surface area (Å²) in [5, 5.41) is 30.9. The summed E-state index contributed by atoms with van der Waals surface area (Å²) in [6.45, 7) is 4.76. The van der Waals surface area contributed by atoms with E-state index in [0.29, 0.717) is 18.4 Å². The average molecular weight is 386 g/mol. The van der Waals surface area contributed by atoms with Crippen LogP contribution < -0.4 is 0 Å². The Hall–Kier alpha value is -2.47. The lowest BCUT2D eigenvalue weighted by Gasteiger charge is -2.39. The van der Waals surface area contributed by atoms with Crippen molar-refractivity contribution in [1.82, 2.24) is 0 Å². The van der Waals surface area contributed by atoms with Crippen LogP contribution in [0.15, 0.2) is 11.6 Å². The van der Waals surface area contributed by atoms with Gasteiger partial charge in [0.25, 0.3) is 0 Å². The van der Waals surface area contributed by atoms with E-state index in [4.69, 9.17) is 0 Å². The first-order valence-corrected chi connectivity index (χ1v) is 9.60. The van der Waals surface area contributed by atoms with E-state index in [1.807, 2.05) is 13.0 Å². The molecular weight excluding hydrogens is 360 g/mol. The lowest BCUT2D eigenvalue weighted by molar-refractivity contribution is -0.137. The Morgan fingerprint density at radius 2 is 1.89 bits per heavy atom. The number of ketones is 3. The predicted octanol–water partition coefficient (Wildman–Crippen LogP) is 2.59. The number of hydrogen-bond acceptors (Lipinski definition) is 6. The number of aliphatic hydroxyl groups is 2. The molecule has 150 valence electrons. The smallest absolute Gasteiger partial charge is 0.173 e. The first kappa shape index (κ1) is 20.3. The summed E-state index contributed by atoms with van der Waals surface area (Å²) in [4.78, 5) is 37.3. The number of fused-ring (bicyclic) bond motifs is 2. The highest BCUT2D eigenvalue weighted by Crippen LogP contribution is 2.48. The van der Waals surface area contributed by atoms with Crippen LogP contribution in [-0.2, 0) is 20.8 Å². The molecule has 1 aromatic rings. The molecule has 3 rings (SSSR count).